The zero-order valence-corrected chi connectivity index (χ0v) is 15.9. The van der Waals surface area contributed by atoms with Crippen molar-refractivity contribution in [2.24, 2.45) is 0 Å². The Morgan fingerprint density at radius 3 is 2.56 bits per heavy atom. The van der Waals surface area contributed by atoms with Gasteiger partial charge in [0.2, 0.25) is 5.91 Å². The Labute approximate surface area is 166 Å². The maximum Gasteiger partial charge on any atom is 0.261 e. The third-order valence-electron chi connectivity index (χ3n) is 4.07. The fourth-order valence-corrected chi connectivity index (χ4v) is 3.13. The number of carbonyl (C=O) groups excluding carboxylic acids is 3. The van der Waals surface area contributed by atoms with Gasteiger partial charge in [-0.15, -0.1) is 0 Å². The Morgan fingerprint density at radius 1 is 1.07 bits per heavy atom. The van der Waals surface area contributed by atoms with Gasteiger partial charge in [0, 0.05) is 24.2 Å². The van der Waals surface area contributed by atoms with Crippen LogP contribution in [0.4, 0.5) is 5.69 Å². The number of hydrogen-bond acceptors (Lipinski definition) is 4. The Morgan fingerprint density at radius 2 is 1.81 bits per heavy atom. The maximum atomic E-state index is 12.1. The van der Waals surface area contributed by atoms with Crippen LogP contribution in [0.15, 0.2) is 36.4 Å². The molecule has 27 heavy (non-hydrogen) atoms. The van der Waals surface area contributed by atoms with Gasteiger partial charge in [0.25, 0.3) is 11.8 Å². The van der Waals surface area contributed by atoms with Crippen molar-refractivity contribution in [3.8, 4) is 5.75 Å². The molecule has 0 aromatic heterocycles. The summed E-state index contributed by atoms with van der Waals surface area (Å²) < 4.78 is 5.53. The maximum absolute atomic E-state index is 12.1. The number of fused-ring (bicyclic) bond motifs is 1. The van der Waals surface area contributed by atoms with Gasteiger partial charge in [-0.3, -0.25) is 19.3 Å². The van der Waals surface area contributed by atoms with Crippen LogP contribution in [-0.2, 0) is 4.79 Å². The van der Waals surface area contributed by atoms with Gasteiger partial charge in [0.1, 0.15) is 5.75 Å². The molecule has 0 aliphatic carbocycles. The van der Waals surface area contributed by atoms with Crippen molar-refractivity contribution in [1.29, 1.82) is 0 Å². The first-order valence-corrected chi connectivity index (χ1v) is 8.96. The van der Waals surface area contributed by atoms with Crippen LogP contribution in [0, 0.1) is 0 Å². The van der Waals surface area contributed by atoms with E-state index in [1.807, 2.05) is 0 Å². The fraction of sp³-hybridized carbons (Fsp3) is 0.211. The van der Waals surface area contributed by atoms with Crippen LogP contribution in [0.1, 0.15) is 33.6 Å². The Balaban J connectivity index is 1.50. The molecule has 0 spiro atoms. The molecule has 2 aromatic carbocycles. The number of amides is 3. The lowest BCUT2D eigenvalue weighted by Crippen LogP contribution is -2.24. The number of nitrogens with zero attached hydrogens (tertiary/aromatic N) is 1. The van der Waals surface area contributed by atoms with Crippen LogP contribution >= 0.6 is 23.2 Å². The van der Waals surface area contributed by atoms with E-state index in [0.29, 0.717) is 45.6 Å². The van der Waals surface area contributed by atoms with Crippen LogP contribution in [0.25, 0.3) is 0 Å². The molecule has 0 radical (unpaired) electrons. The molecule has 1 aliphatic heterocycles. The van der Waals surface area contributed by atoms with E-state index in [9.17, 15) is 14.4 Å². The monoisotopic (exact) mass is 406 g/mol. The zero-order valence-electron chi connectivity index (χ0n) is 14.4. The topological polar surface area (TPSA) is 75.7 Å². The summed E-state index contributed by atoms with van der Waals surface area (Å²) in [6, 6.07) is 9.59. The average Bonchev–Trinajstić information content (AvgIpc) is 2.84. The molecule has 8 heteroatoms. The van der Waals surface area contributed by atoms with Crippen LogP contribution in [0.3, 0.4) is 0 Å². The standard InChI is InChI=1S/C19H16Cl2N2O4/c1-23-18(25)13-6-5-12(10-14(13)19(23)26)22-17(24)3-2-8-27-16-7-4-11(20)9-15(16)21/h4-7,9-10H,2-3,8H2,1H3,(H,22,24). The summed E-state index contributed by atoms with van der Waals surface area (Å²) in [6.45, 7) is 0.316. The lowest BCUT2D eigenvalue weighted by Gasteiger charge is -2.09. The number of ether oxygens (including phenoxy) is 1. The van der Waals surface area contributed by atoms with Gasteiger partial charge >= 0.3 is 0 Å². The minimum atomic E-state index is -0.376. The molecular weight excluding hydrogens is 391 g/mol. The molecule has 2 aromatic rings. The number of halogens is 2. The molecule has 3 rings (SSSR count). The molecule has 0 unspecified atom stereocenters. The summed E-state index contributed by atoms with van der Waals surface area (Å²) in [6.07, 6.45) is 0.713. The van der Waals surface area contributed by atoms with E-state index in [4.69, 9.17) is 27.9 Å². The molecule has 1 aliphatic rings. The van der Waals surface area contributed by atoms with E-state index in [0.717, 1.165) is 4.90 Å². The van der Waals surface area contributed by atoms with E-state index in [2.05, 4.69) is 5.32 Å². The molecule has 140 valence electrons. The third kappa shape index (κ3) is 4.23. The molecular formula is C19H16Cl2N2O4. The second-order valence-corrected chi connectivity index (χ2v) is 6.85. The van der Waals surface area contributed by atoms with Gasteiger partial charge in [0.15, 0.2) is 0 Å². The number of rotatable bonds is 6. The Hall–Kier alpha value is -2.57. The lowest BCUT2D eigenvalue weighted by atomic mass is 10.1. The average molecular weight is 407 g/mol. The first-order chi connectivity index (χ1) is 12.9. The molecule has 0 saturated heterocycles. The Bertz CT molecular complexity index is 930. The number of anilines is 1. The first-order valence-electron chi connectivity index (χ1n) is 8.21. The van der Waals surface area contributed by atoms with Gasteiger partial charge < -0.3 is 10.1 Å². The third-order valence-corrected chi connectivity index (χ3v) is 4.60. The number of carbonyl (C=O) groups is 3. The number of benzene rings is 2. The van der Waals surface area contributed by atoms with Crippen LogP contribution in [-0.4, -0.2) is 36.3 Å². The lowest BCUT2D eigenvalue weighted by molar-refractivity contribution is -0.116. The fourth-order valence-electron chi connectivity index (χ4n) is 2.67. The van der Waals surface area contributed by atoms with Crippen molar-refractivity contribution in [2.75, 3.05) is 19.0 Å². The van der Waals surface area contributed by atoms with Crippen LogP contribution < -0.4 is 10.1 Å². The number of nitrogens with one attached hydrogen (secondary N) is 1. The largest absolute Gasteiger partial charge is 0.492 e. The molecule has 1 heterocycles. The van der Waals surface area contributed by atoms with Crippen molar-refractivity contribution < 1.29 is 19.1 Å². The minimum Gasteiger partial charge on any atom is -0.492 e. The summed E-state index contributed by atoms with van der Waals surface area (Å²) in [7, 11) is 1.43. The predicted octanol–water partition coefficient (Wildman–Crippen LogP) is 4.02. The van der Waals surface area contributed by atoms with Crippen molar-refractivity contribution in [3.63, 3.8) is 0 Å². The molecule has 0 fully saturated rings. The summed E-state index contributed by atoms with van der Waals surface area (Å²) in [5, 5.41) is 3.65. The quantitative estimate of drug-likeness (QED) is 0.580. The van der Waals surface area contributed by atoms with E-state index >= 15 is 0 Å². The van der Waals surface area contributed by atoms with Gasteiger partial charge in [-0.05, 0) is 42.8 Å². The summed E-state index contributed by atoms with van der Waals surface area (Å²) >= 11 is 11.8. The van der Waals surface area contributed by atoms with E-state index in [-0.39, 0.29) is 24.1 Å². The highest BCUT2D eigenvalue weighted by atomic mass is 35.5. The summed E-state index contributed by atoms with van der Waals surface area (Å²) in [4.78, 5) is 37.0. The summed E-state index contributed by atoms with van der Waals surface area (Å²) in [5.41, 5.74) is 1.10. The highest BCUT2D eigenvalue weighted by Gasteiger charge is 2.32. The van der Waals surface area contributed by atoms with E-state index in [1.165, 1.54) is 13.1 Å². The first kappa shape index (κ1) is 19.2. The number of hydrogen-bond donors (Lipinski definition) is 1. The van der Waals surface area contributed by atoms with Gasteiger partial charge in [-0.2, -0.15) is 0 Å². The molecule has 0 bridgehead atoms. The summed E-state index contributed by atoms with van der Waals surface area (Å²) in [5.74, 6) is -0.427. The van der Waals surface area contributed by atoms with Gasteiger partial charge in [-0.1, -0.05) is 23.2 Å². The van der Waals surface area contributed by atoms with E-state index < -0.39 is 0 Å². The highest BCUT2D eigenvalue weighted by Crippen LogP contribution is 2.28. The zero-order chi connectivity index (χ0) is 19.6. The van der Waals surface area contributed by atoms with Crippen LogP contribution in [0.5, 0.6) is 5.75 Å². The van der Waals surface area contributed by atoms with Crippen molar-refractivity contribution in [3.05, 3.63) is 57.6 Å². The number of imide groups is 1. The van der Waals surface area contributed by atoms with Gasteiger partial charge in [0.05, 0.1) is 22.8 Å². The highest BCUT2D eigenvalue weighted by molar-refractivity contribution is 6.35. The normalized spacial score (nSPS) is 12.9. The smallest absolute Gasteiger partial charge is 0.261 e. The van der Waals surface area contributed by atoms with Crippen molar-refractivity contribution >= 4 is 46.6 Å². The molecule has 0 atom stereocenters. The predicted molar refractivity (Wildman–Crippen MR) is 103 cm³/mol. The van der Waals surface area contributed by atoms with Crippen LogP contribution in [0.2, 0.25) is 10.0 Å². The van der Waals surface area contributed by atoms with Crippen molar-refractivity contribution in [1.82, 2.24) is 4.90 Å². The van der Waals surface area contributed by atoms with Gasteiger partial charge in [-0.25, -0.2) is 0 Å². The van der Waals surface area contributed by atoms with E-state index in [1.54, 1.807) is 30.3 Å². The molecule has 1 N–H and O–H groups in total. The molecule has 6 nitrogen and oxygen atoms in total. The second-order valence-electron chi connectivity index (χ2n) is 6.00. The minimum absolute atomic E-state index is 0.217. The Kier molecular flexibility index (Phi) is 5.68. The second kappa shape index (κ2) is 7.98. The molecule has 0 saturated carbocycles. The SMILES string of the molecule is CN1C(=O)c2ccc(NC(=O)CCCOc3ccc(Cl)cc3Cl)cc2C1=O. The van der Waals surface area contributed by atoms with Crippen molar-refractivity contribution in [2.45, 2.75) is 12.8 Å². The molecule has 3 amide bonds.